The van der Waals surface area contributed by atoms with Gasteiger partial charge in [-0.15, -0.1) is 5.10 Å². The van der Waals surface area contributed by atoms with E-state index in [4.69, 9.17) is 0 Å². The average Bonchev–Trinajstić information content (AvgIpc) is 2.70. The summed E-state index contributed by atoms with van der Waals surface area (Å²) in [5.41, 5.74) is 1.30. The molecule has 0 aromatic carbocycles. The Labute approximate surface area is 115 Å². The maximum atomic E-state index is 4.19. The summed E-state index contributed by atoms with van der Waals surface area (Å²) in [7, 11) is 0. The number of hydrogen-bond donors (Lipinski definition) is 2. The summed E-state index contributed by atoms with van der Waals surface area (Å²) in [5.74, 6) is 0.448. The van der Waals surface area contributed by atoms with Crippen LogP contribution in [0, 0.1) is 0 Å². The first-order valence-electron chi connectivity index (χ1n) is 6.59. The maximum absolute atomic E-state index is 4.19. The Bertz CT molecular complexity index is 354. The number of rotatable bonds is 6. The summed E-state index contributed by atoms with van der Waals surface area (Å²) in [6.45, 7) is 14.9. The van der Waals surface area contributed by atoms with Crippen LogP contribution in [0.3, 0.4) is 0 Å². The molecule has 0 amide bonds. The molecule has 0 saturated carbocycles. The molecular formula is C13H26N4S. The molecule has 1 rings (SSSR count). The summed E-state index contributed by atoms with van der Waals surface area (Å²) < 4.78 is 4.04. The second kappa shape index (κ2) is 6.59. The van der Waals surface area contributed by atoms with Crippen molar-refractivity contribution in [3.63, 3.8) is 0 Å². The second-order valence-electron chi connectivity index (χ2n) is 6.15. The molecule has 18 heavy (non-hydrogen) atoms. The van der Waals surface area contributed by atoms with Gasteiger partial charge in [-0.3, -0.25) is 0 Å². The fraction of sp³-hybridized carbons (Fsp3) is 0.846. The Morgan fingerprint density at radius 2 is 1.89 bits per heavy atom. The molecule has 0 aliphatic heterocycles. The normalized spacial score (nSPS) is 14.2. The number of hydrogen-bond acceptors (Lipinski definition) is 5. The molecule has 1 aromatic heterocycles. The lowest BCUT2D eigenvalue weighted by Crippen LogP contribution is -2.44. The Morgan fingerprint density at radius 3 is 2.44 bits per heavy atom. The van der Waals surface area contributed by atoms with Gasteiger partial charge in [0, 0.05) is 24.7 Å². The zero-order valence-electron chi connectivity index (χ0n) is 12.4. The predicted octanol–water partition coefficient (Wildman–Crippen LogP) is 2.53. The lowest BCUT2D eigenvalue weighted by Gasteiger charge is -2.24. The van der Waals surface area contributed by atoms with Crippen molar-refractivity contribution in [2.45, 2.75) is 65.6 Å². The summed E-state index contributed by atoms with van der Waals surface area (Å²) in [5, 5.41) is 11.2. The van der Waals surface area contributed by atoms with Crippen LogP contribution >= 0.6 is 11.5 Å². The van der Waals surface area contributed by atoms with Crippen LogP contribution in [0.4, 0.5) is 0 Å². The zero-order chi connectivity index (χ0) is 13.8. The van der Waals surface area contributed by atoms with Crippen molar-refractivity contribution in [2.75, 3.05) is 6.54 Å². The van der Waals surface area contributed by atoms with E-state index in [-0.39, 0.29) is 5.54 Å². The third-order valence-electron chi connectivity index (χ3n) is 2.68. The highest BCUT2D eigenvalue weighted by Gasteiger charge is 2.14. The van der Waals surface area contributed by atoms with E-state index in [9.17, 15) is 0 Å². The molecule has 1 unspecified atom stereocenters. The van der Waals surface area contributed by atoms with E-state index in [1.807, 2.05) is 0 Å². The molecule has 4 nitrogen and oxygen atoms in total. The molecule has 0 radical (unpaired) electrons. The quantitative estimate of drug-likeness (QED) is 0.834. The highest BCUT2D eigenvalue weighted by molar-refractivity contribution is 7.05. The summed E-state index contributed by atoms with van der Waals surface area (Å²) in [6.07, 6.45) is 0. The first-order valence-corrected chi connectivity index (χ1v) is 7.36. The van der Waals surface area contributed by atoms with Crippen molar-refractivity contribution in [1.29, 1.82) is 0 Å². The molecule has 0 bridgehead atoms. The number of nitrogens with zero attached hydrogens (tertiary/aromatic N) is 2. The fourth-order valence-electron chi connectivity index (χ4n) is 1.57. The van der Waals surface area contributed by atoms with Gasteiger partial charge in [0.1, 0.15) is 0 Å². The number of aromatic nitrogens is 2. The minimum atomic E-state index is 0.172. The number of nitrogens with one attached hydrogen (secondary N) is 2. The van der Waals surface area contributed by atoms with Crippen molar-refractivity contribution >= 4 is 11.5 Å². The summed E-state index contributed by atoms with van der Waals surface area (Å²) >= 11 is 1.50. The van der Waals surface area contributed by atoms with E-state index in [0.29, 0.717) is 12.0 Å². The maximum Gasteiger partial charge on any atom is 0.0826 e. The van der Waals surface area contributed by atoms with Gasteiger partial charge >= 0.3 is 0 Å². The average molecular weight is 270 g/mol. The van der Waals surface area contributed by atoms with Gasteiger partial charge in [0.15, 0.2) is 0 Å². The van der Waals surface area contributed by atoms with Crippen LogP contribution in [0.25, 0.3) is 0 Å². The van der Waals surface area contributed by atoms with Crippen LogP contribution in [0.5, 0.6) is 0 Å². The zero-order valence-corrected chi connectivity index (χ0v) is 13.2. The van der Waals surface area contributed by atoms with E-state index in [0.717, 1.165) is 18.8 Å². The SMILES string of the molecule is CC(CNC(C)(C)C)NCc1snnc1C(C)C. The first-order chi connectivity index (χ1) is 8.29. The molecule has 0 aliphatic carbocycles. The Hall–Kier alpha value is -0.520. The third kappa shape index (κ3) is 5.42. The Kier molecular flexibility index (Phi) is 5.69. The standard InChI is InChI=1S/C13H26N4S/c1-9(2)12-11(18-17-16-12)8-14-10(3)7-15-13(4,5)6/h9-10,14-15H,7-8H2,1-6H3. The molecule has 2 N–H and O–H groups in total. The third-order valence-corrected chi connectivity index (χ3v) is 3.42. The molecular weight excluding hydrogens is 244 g/mol. The molecule has 0 aliphatic rings. The largest absolute Gasteiger partial charge is 0.311 e. The van der Waals surface area contributed by atoms with E-state index in [1.165, 1.54) is 16.4 Å². The van der Waals surface area contributed by atoms with Crippen molar-refractivity contribution in [3.05, 3.63) is 10.6 Å². The van der Waals surface area contributed by atoms with E-state index in [2.05, 4.69) is 61.8 Å². The molecule has 1 atom stereocenters. The van der Waals surface area contributed by atoms with Gasteiger partial charge in [-0.2, -0.15) is 0 Å². The lowest BCUT2D eigenvalue weighted by atomic mass is 10.1. The van der Waals surface area contributed by atoms with Crippen LogP contribution in [0.1, 0.15) is 58.0 Å². The van der Waals surface area contributed by atoms with E-state index >= 15 is 0 Å². The van der Waals surface area contributed by atoms with Crippen LogP contribution in [0.2, 0.25) is 0 Å². The molecule has 5 heteroatoms. The highest BCUT2D eigenvalue weighted by Crippen LogP contribution is 2.19. The monoisotopic (exact) mass is 270 g/mol. The van der Waals surface area contributed by atoms with Crippen LogP contribution in [-0.4, -0.2) is 27.7 Å². The topological polar surface area (TPSA) is 49.8 Å². The van der Waals surface area contributed by atoms with Crippen molar-refractivity contribution in [3.8, 4) is 0 Å². The second-order valence-corrected chi connectivity index (χ2v) is 6.99. The minimum Gasteiger partial charge on any atom is -0.311 e. The van der Waals surface area contributed by atoms with Gasteiger partial charge in [0.2, 0.25) is 0 Å². The van der Waals surface area contributed by atoms with Crippen LogP contribution in [-0.2, 0) is 6.54 Å². The summed E-state index contributed by atoms with van der Waals surface area (Å²) in [4.78, 5) is 1.26. The van der Waals surface area contributed by atoms with Gasteiger partial charge < -0.3 is 10.6 Å². The smallest absolute Gasteiger partial charge is 0.0826 e. The van der Waals surface area contributed by atoms with Crippen molar-refractivity contribution < 1.29 is 0 Å². The molecule has 0 saturated heterocycles. The Morgan fingerprint density at radius 1 is 1.22 bits per heavy atom. The van der Waals surface area contributed by atoms with E-state index in [1.54, 1.807) is 0 Å². The fourth-order valence-corrected chi connectivity index (χ4v) is 2.32. The molecule has 104 valence electrons. The van der Waals surface area contributed by atoms with Gasteiger partial charge in [0.25, 0.3) is 0 Å². The highest BCUT2D eigenvalue weighted by atomic mass is 32.1. The van der Waals surface area contributed by atoms with Crippen LogP contribution in [0.15, 0.2) is 0 Å². The molecule has 0 spiro atoms. The molecule has 1 aromatic rings. The van der Waals surface area contributed by atoms with Gasteiger partial charge in [0.05, 0.1) is 10.6 Å². The van der Waals surface area contributed by atoms with E-state index < -0.39 is 0 Å². The predicted molar refractivity (Wildman–Crippen MR) is 78.1 cm³/mol. The lowest BCUT2D eigenvalue weighted by molar-refractivity contribution is 0.387. The van der Waals surface area contributed by atoms with Gasteiger partial charge in [-0.05, 0) is 45.1 Å². The van der Waals surface area contributed by atoms with Crippen LogP contribution < -0.4 is 10.6 Å². The first kappa shape index (κ1) is 15.5. The van der Waals surface area contributed by atoms with Gasteiger partial charge in [-0.1, -0.05) is 18.3 Å². The van der Waals surface area contributed by atoms with Gasteiger partial charge in [-0.25, -0.2) is 0 Å². The Balaban J connectivity index is 2.38. The molecule has 1 heterocycles. The molecule has 0 fully saturated rings. The van der Waals surface area contributed by atoms with Crippen molar-refractivity contribution in [2.24, 2.45) is 0 Å². The summed E-state index contributed by atoms with van der Waals surface area (Å²) in [6, 6.07) is 0.436. The van der Waals surface area contributed by atoms with Crippen molar-refractivity contribution in [1.82, 2.24) is 20.2 Å². The minimum absolute atomic E-state index is 0.172.